The Hall–Kier alpha value is -0.330. The number of ether oxygens (including phenoxy) is 2. The molecular formula is C7H12F3NO2. The summed E-state index contributed by atoms with van der Waals surface area (Å²) in [6, 6.07) is 0. The van der Waals surface area contributed by atoms with Crippen molar-refractivity contribution in [1.82, 2.24) is 5.32 Å². The van der Waals surface area contributed by atoms with Crippen LogP contribution in [0, 0.1) is 0 Å². The SMILES string of the molecule is CC1(OCOCC(F)(F)F)CNC1. The molecule has 0 radical (unpaired) electrons. The van der Waals surface area contributed by atoms with Gasteiger partial charge in [-0.25, -0.2) is 0 Å². The van der Waals surface area contributed by atoms with E-state index in [0.717, 1.165) is 0 Å². The molecular weight excluding hydrogens is 187 g/mol. The van der Waals surface area contributed by atoms with Crippen molar-refractivity contribution in [2.24, 2.45) is 0 Å². The quantitative estimate of drug-likeness (QED) is 0.539. The zero-order valence-electron chi connectivity index (χ0n) is 7.28. The Labute approximate surface area is 74.2 Å². The Morgan fingerprint density at radius 3 is 2.38 bits per heavy atom. The van der Waals surface area contributed by atoms with Crippen molar-refractivity contribution < 1.29 is 22.6 Å². The first kappa shape index (κ1) is 10.7. The van der Waals surface area contributed by atoms with E-state index in [0.29, 0.717) is 13.1 Å². The molecule has 0 unspecified atom stereocenters. The molecule has 0 spiro atoms. The van der Waals surface area contributed by atoms with Crippen molar-refractivity contribution in [3.05, 3.63) is 0 Å². The summed E-state index contributed by atoms with van der Waals surface area (Å²) in [5.41, 5.74) is -0.356. The molecule has 0 bridgehead atoms. The fraction of sp³-hybridized carbons (Fsp3) is 1.00. The van der Waals surface area contributed by atoms with E-state index in [4.69, 9.17) is 4.74 Å². The van der Waals surface area contributed by atoms with E-state index in [2.05, 4.69) is 10.1 Å². The van der Waals surface area contributed by atoms with Crippen molar-refractivity contribution in [1.29, 1.82) is 0 Å². The van der Waals surface area contributed by atoms with E-state index < -0.39 is 12.8 Å². The van der Waals surface area contributed by atoms with Crippen LogP contribution in [0.3, 0.4) is 0 Å². The number of halogens is 3. The molecule has 13 heavy (non-hydrogen) atoms. The second kappa shape index (κ2) is 3.81. The molecule has 1 aliphatic rings. The molecule has 1 saturated heterocycles. The van der Waals surface area contributed by atoms with Crippen molar-refractivity contribution >= 4 is 0 Å². The second-order valence-electron chi connectivity index (χ2n) is 3.28. The van der Waals surface area contributed by atoms with Gasteiger partial charge >= 0.3 is 6.18 Å². The van der Waals surface area contributed by atoms with E-state index in [1.807, 2.05) is 6.92 Å². The Kier molecular flexibility index (Phi) is 3.15. The summed E-state index contributed by atoms with van der Waals surface area (Å²) in [6.45, 7) is 1.57. The van der Waals surface area contributed by atoms with E-state index >= 15 is 0 Å². The maximum Gasteiger partial charge on any atom is 0.411 e. The molecule has 1 aliphatic heterocycles. The summed E-state index contributed by atoms with van der Waals surface area (Å²) in [4.78, 5) is 0. The van der Waals surface area contributed by atoms with Gasteiger partial charge in [-0.1, -0.05) is 0 Å². The number of nitrogens with one attached hydrogen (secondary N) is 1. The zero-order valence-corrected chi connectivity index (χ0v) is 7.28. The largest absolute Gasteiger partial charge is 0.411 e. The number of rotatable bonds is 4. The van der Waals surface area contributed by atoms with Gasteiger partial charge in [0.1, 0.15) is 13.4 Å². The van der Waals surface area contributed by atoms with Crippen molar-refractivity contribution in [2.75, 3.05) is 26.5 Å². The van der Waals surface area contributed by atoms with Crippen molar-refractivity contribution in [3.8, 4) is 0 Å². The lowest BCUT2D eigenvalue weighted by Gasteiger charge is -2.38. The minimum Gasteiger partial charge on any atom is -0.347 e. The summed E-state index contributed by atoms with van der Waals surface area (Å²) in [6.07, 6.45) is -4.28. The molecule has 0 aliphatic carbocycles. The first-order valence-corrected chi connectivity index (χ1v) is 3.90. The van der Waals surface area contributed by atoms with Gasteiger partial charge in [0.15, 0.2) is 0 Å². The maximum atomic E-state index is 11.6. The smallest absolute Gasteiger partial charge is 0.347 e. The lowest BCUT2D eigenvalue weighted by atomic mass is 10.0. The highest BCUT2D eigenvalue weighted by Gasteiger charge is 2.33. The average molecular weight is 199 g/mol. The van der Waals surface area contributed by atoms with Crippen LogP contribution in [0.4, 0.5) is 13.2 Å². The molecule has 1 fully saturated rings. The van der Waals surface area contributed by atoms with Crippen LogP contribution in [0.5, 0.6) is 0 Å². The summed E-state index contributed by atoms with van der Waals surface area (Å²) in [5.74, 6) is 0. The first-order valence-electron chi connectivity index (χ1n) is 3.90. The monoisotopic (exact) mass is 199 g/mol. The molecule has 0 aromatic carbocycles. The molecule has 6 heteroatoms. The molecule has 3 nitrogen and oxygen atoms in total. The predicted molar refractivity (Wildman–Crippen MR) is 39.2 cm³/mol. The Bertz CT molecular complexity index is 168. The third-order valence-electron chi connectivity index (χ3n) is 1.75. The maximum absolute atomic E-state index is 11.6. The molecule has 0 atom stereocenters. The van der Waals surface area contributed by atoms with E-state index in [-0.39, 0.29) is 12.4 Å². The highest BCUT2D eigenvalue weighted by molar-refractivity contribution is 4.89. The molecule has 0 aromatic rings. The summed E-state index contributed by atoms with van der Waals surface area (Å²) in [5, 5.41) is 2.96. The van der Waals surface area contributed by atoms with Gasteiger partial charge in [-0.15, -0.1) is 0 Å². The average Bonchev–Trinajstić information content (AvgIpc) is 1.93. The van der Waals surface area contributed by atoms with Gasteiger partial charge in [0.25, 0.3) is 0 Å². The molecule has 0 aromatic heterocycles. The van der Waals surface area contributed by atoms with Gasteiger partial charge in [-0.2, -0.15) is 13.2 Å². The standard InChI is InChI=1S/C7H12F3NO2/c1-6(2-11-3-6)13-5-12-4-7(8,9)10/h11H,2-5H2,1H3. The molecule has 0 saturated carbocycles. The number of hydrogen-bond acceptors (Lipinski definition) is 3. The minimum atomic E-state index is -4.28. The molecule has 1 N–H and O–H groups in total. The van der Waals surface area contributed by atoms with Gasteiger partial charge in [0.05, 0.1) is 5.60 Å². The van der Waals surface area contributed by atoms with E-state index in [1.165, 1.54) is 0 Å². The first-order chi connectivity index (χ1) is 5.91. The van der Waals surface area contributed by atoms with Gasteiger partial charge in [0, 0.05) is 13.1 Å². The Morgan fingerprint density at radius 1 is 1.38 bits per heavy atom. The van der Waals surface area contributed by atoms with Crippen LogP contribution in [0.15, 0.2) is 0 Å². The number of alkyl halides is 3. The second-order valence-corrected chi connectivity index (χ2v) is 3.28. The summed E-state index contributed by atoms with van der Waals surface area (Å²) in [7, 11) is 0. The zero-order chi connectivity index (χ0) is 9.95. The van der Waals surface area contributed by atoms with Crippen LogP contribution in [0.2, 0.25) is 0 Å². The van der Waals surface area contributed by atoms with Crippen LogP contribution in [0.1, 0.15) is 6.92 Å². The summed E-state index contributed by atoms with van der Waals surface area (Å²) < 4.78 is 44.1. The minimum absolute atomic E-state index is 0.308. The third kappa shape index (κ3) is 3.93. The van der Waals surface area contributed by atoms with E-state index in [9.17, 15) is 13.2 Å². The van der Waals surface area contributed by atoms with Gasteiger partial charge in [0.2, 0.25) is 0 Å². The van der Waals surface area contributed by atoms with Gasteiger partial charge in [-0.3, -0.25) is 0 Å². The van der Waals surface area contributed by atoms with Crippen LogP contribution in [-0.2, 0) is 9.47 Å². The predicted octanol–water partition coefficient (Wildman–Crippen LogP) is 0.901. The summed E-state index contributed by atoms with van der Waals surface area (Å²) >= 11 is 0. The Morgan fingerprint density at radius 2 is 2.00 bits per heavy atom. The fourth-order valence-corrected chi connectivity index (χ4v) is 0.920. The highest BCUT2D eigenvalue weighted by Crippen LogP contribution is 2.17. The van der Waals surface area contributed by atoms with Crippen molar-refractivity contribution in [2.45, 2.75) is 18.7 Å². The topological polar surface area (TPSA) is 30.5 Å². The van der Waals surface area contributed by atoms with Crippen LogP contribution < -0.4 is 5.32 Å². The number of hydrogen-bond donors (Lipinski definition) is 1. The van der Waals surface area contributed by atoms with Crippen LogP contribution in [-0.4, -0.2) is 38.3 Å². The normalized spacial score (nSPS) is 21.2. The molecule has 78 valence electrons. The lowest BCUT2D eigenvalue weighted by molar-refractivity contribution is -0.219. The molecule has 0 amide bonds. The molecule has 1 heterocycles. The third-order valence-corrected chi connectivity index (χ3v) is 1.75. The Balaban J connectivity index is 2.01. The lowest BCUT2D eigenvalue weighted by Crippen LogP contribution is -2.59. The highest BCUT2D eigenvalue weighted by atomic mass is 19.4. The van der Waals surface area contributed by atoms with Crippen LogP contribution in [0.25, 0.3) is 0 Å². The fourth-order valence-electron chi connectivity index (χ4n) is 0.920. The van der Waals surface area contributed by atoms with Crippen molar-refractivity contribution in [3.63, 3.8) is 0 Å². The molecule has 1 rings (SSSR count). The van der Waals surface area contributed by atoms with Crippen LogP contribution >= 0.6 is 0 Å². The van der Waals surface area contributed by atoms with Gasteiger partial charge < -0.3 is 14.8 Å². The van der Waals surface area contributed by atoms with Gasteiger partial charge in [-0.05, 0) is 6.92 Å². The van der Waals surface area contributed by atoms with E-state index in [1.54, 1.807) is 0 Å².